The van der Waals surface area contributed by atoms with Gasteiger partial charge in [0.1, 0.15) is 5.82 Å². The molecule has 1 N–H and O–H groups in total. The maximum atomic E-state index is 12.5. The lowest BCUT2D eigenvalue weighted by atomic mass is 10.2. The SMILES string of the molecule is O=C(CN1CCN(c2ncc(Cl)cc2Cl)CC1)Nc1ccc2c(c1)OCCCO2. The first-order chi connectivity index (χ1) is 14.1. The quantitative estimate of drug-likeness (QED) is 0.792. The Morgan fingerprint density at radius 3 is 2.59 bits per heavy atom. The zero-order chi connectivity index (χ0) is 20.2. The van der Waals surface area contributed by atoms with E-state index in [4.69, 9.17) is 32.7 Å². The number of amides is 1. The van der Waals surface area contributed by atoms with Gasteiger partial charge >= 0.3 is 0 Å². The Morgan fingerprint density at radius 2 is 1.83 bits per heavy atom. The lowest BCUT2D eigenvalue weighted by Gasteiger charge is -2.35. The number of hydrogen-bond acceptors (Lipinski definition) is 6. The molecule has 2 aliphatic heterocycles. The number of carbonyl (C=O) groups excluding carboxylic acids is 1. The summed E-state index contributed by atoms with van der Waals surface area (Å²) < 4.78 is 11.3. The fourth-order valence-electron chi connectivity index (χ4n) is 3.40. The summed E-state index contributed by atoms with van der Waals surface area (Å²) in [6, 6.07) is 7.17. The van der Waals surface area contributed by atoms with Crippen molar-refractivity contribution >= 4 is 40.6 Å². The molecule has 3 heterocycles. The molecule has 1 aromatic carbocycles. The Labute approximate surface area is 179 Å². The average Bonchev–Trinajstić information content (AvgIpc) is 2.94. The third-order valence-electron chi connectivity index (χ3n) is 4.86. The molecule has 1 saturated heterocycles. The second kappa shape index (κ2) is 9.07. The molecule has 0 saturated carbocycles. The van der Waals surface area contributed by atoms with Crippen LogP contribution >= 0.6 is 23.2 Å². The van der Waals surface area contributed by atoms with Gasteiger partial charge in [-0.05, 0) is 18.2 Å². The second-order valence-electron chi connectivity index (χ2n) is 6.98. The number of hydrogen-bond donors (Lipinski definition) is 1. The van der Waals surface area contributed by atoms with Gasteiger partial charge in [-0.25, -0.2) is 4.98 Å². The first-order valence-electron chi connectivity index (χ1n) is 9.56. The molecule has 2 aliphatic rings. The molecule has 0 atom stereocenters. The molecule has 29 heavy (non-hydrogen) atoms. The van der Waals surface area contributed by atoms with Crippen molar-refractivity contribution in [3.05, 3.63) is 40.5 Å². The van der Waals surface area contributed by atoms with Crippen LogP contribution in [0, 0.1) is 0 Å². The molecule has 0 bridgehead atoms. The normalized spacial score (nSPS) is 17.0. The number of nitrogens with one attached hydrogen (secondary N) is 1. The van der Waals surface area contributed by atoms with Crippen molar-refractivity contribution in [2.75, 3.05) is 56.2 Å². The summed E-state index contributed by atoms with van der Waals surface area (Å²) in [6.45, 7) is 4.55. The van der Waals surface area contributed by atoms with Crippen LogP contribution in [0.5, 0.6) is 11.5 Å². The van der Waals surface area contributed by atoms with Crippen LogP contribution in [0.3, 0.4) is 0 Å². The van der Waals surface area contributed by atoms with Crippen LogP contribution in [0.1, 0.15) is 6.42 Å². The number of halogens is 2. The van der Waals surface area contributed by atoms with Crippen LogP contribution in [0.2, 0.25) is 10.0 Å². The summed E-state index contributed by atoms with van der Waals surface area (Å²) in [5.74, 6) is 2.05. The van der Waals surface area contributed by atoms with Crippen molar-refractivity contribution in [2.24, 2.45) is 0 Å². The molecule has 1 amide bonds. The number of rotatable bonds is 4. The van der Waals surface area contributed by atoms with Gasteiger partial charge in [-0.3, -0.25) is 9.69 Å². The van der Waals surface area contributed by atoms with Crippen molar-refractivity contribution in [2.45, 2.75) is 6.42 Å². The molecule has 9 heteroatoms. The zero-order valence-electron chi connectivity index (χ0n) is 15.9. The lowest BCUT2D eigenvalue weighted by Crippen LogP contribution is -2.49. The van der Waals surface area contributed by atoms with Crippen LogP contribution < -0.4 is 19.7 Å². The largest absolute Gasteiger partial charge is 0.490 e. The van der Waals surface area contributed by atoms with E-state index < -0.39 is 0 Å². The maximum Gasteiger partial charge on any atom is 0.238 e. The van der Waals surface area contributed by atoms with Crippen LogP contribution in [0.4, 0.5) is 11.5 Å². The Morgan fingerprint density at radius 1 is 1.07 bits per heavy atom. The topological polar surface area (TPSA) is 66.9 Å². The molecule has 1 fully saturated rings. The summed E-state index contributed by atoms with van der Waals surface area (Å²) in [4.78, 5) is 21.0. The van der Waals surface area contributed by atoms with E-state index in [1.807, 2.05) is 18.2 Å². The van der Waals surface area contributed by atoms with Gasteiger partial charge in [0.25, 0.3) is 0 Å². The van der Waals surface area contributed by atoms with E-state index in [2.05, 4.69) is 20.1 Å². The number of nitrogens with zero attached hydrogens (tertiary/aromatic N) is 3. The molecule has 1 aromatic heterocycles. The highest BCUT2D eigenvalue weighted by atomic mass is 35.5. The standard InChI is InChI=1S/C20H22Cl2N4O3/c21-14-10-16(22)20(23-12-14)26-6-4-25(5-7-26)13-19(27)24-15-2-3-17-18(11-15)29-9-1-8-28-17/h2-3,10-12H,1,4-9,13H2,(H,24,27). The molecule has 0 aliphatic carbocycles. The molecular weight excluding hydrogens is 415 g/mol. The Kier molecular flexibility index (Phi) is 6.28. The van der Waals surface area contributed by atoms with E-state index in [1.165, 1.54) is 0 Å². The smallest absolute Gasteiger partial charge is 0.238 e. The third kappa shape index (κ3) is 5.04. The molecule has 154 valence electrons. The van der Waals surface area contributed by atoms with Crippen LogP contribution in [-0.4, -0.2) is 61.7 Å². The number of aromatic nitrogens is 1. The zero-order valence-corrected chi connectivity index (χ0v) is 17.4. The van der Waals surface area contributed by atoms with Crippen molar-refractivity contribution in [3.8, 4) is 11.5 Å². The molecule has 7 nitrogen and oxygen atoms in total. The fourth-order valence-corrected chi connectivity index (χ4v) is 3.90. The van der Waals surface area contributed by atoms with Crippen molar-refractivity contribution in [1.29, 1.82) is 0 Å². The summed E-state index contributed by atoms with van der Waals surface area (Å²) in [5.41, 5.74) is 0.704. The van der Waals surface area contributed by atoms with E-state index in [0.29, 0.717) is 47.0 Å². The Bertz CT molecular complexity index is 888. The number of ether oxygens (including phenoxy) is 2. The van der Waals surface area contributed by atoms with Gasteiger partial charge in [-0.1, -0.05) is 23.2 Å². The molecule has 0 spiro atoms. The van der Waals surface area contributed by atoms with Gasteiger partial charge < -0.3 is 19.7 Å². The van der Waals surface area contributed by atoms with Crippen LogP contribution in [0.15, 0.2) is 30.5 Å². The minimum Gasteiger partial charge on any atom is -0.490 e. The minimum atomic E-state index is -0.0596. The highest BCUT2D eigenvalue weighted by Crippen LogP contribution is 2.32. The number of anilines is 2. The first kappa shape index (κ1) is 20.1. The monoisotopic (exact) mass is 436 g/mol. The molecule has 2 aromatic rings. The summed E-state index contributed by atoms with van der Waals surface area (Å²) in [5, 5.41) is 4.00. The number of fused-ring (bicyclic) bond motifs is 1. The van der Waals surface area contributed by atoms with E-state index in [-0.39, 0.29) is 5.91 Å². The molecule has 0 unspecified atom stereocenters. The van der Waals surface area contributed by atoms with E-state index in [1.54, 1.807) is 12.3 Å². The maximum absolute atomic E-state index is 12.5. The molecule has 0 radical (unpaired) electrons. The van der Waals surface area contributed by atoms with E-state index in [9.17, 15) is 4.79 Å². The van der Waals surface area contributed by atoms with Crippen molar-refractivity contribution in [1.82, 2.24) is 9.88 Å². The van der Waals surface area contributed by atoms with Gasteiger partial charge in [-0.2, -0.15) is 0 Å². The number of piperazine rings is 1. The van der Waals surface area contributed by atoms with Crippen molar-refractivity contribution < 1.29 is 14.3 Å². The van der Waals surface area contributed by atoms with Crippen molar-refractivity contribution in [3.63, 3.8) is 0 Å². The highest BCUT2D eigenvalue weighted by molar-refractivity contribution is 6.36. The van der Waals surface area contributed by atoms with E-state index in [0.717, 1.165) is 38.4 Å². The summed E-state index contributed by atoms with van der Waals surface area (Å²) in [7, 11) is 0. The van der Waals surface area contributed by atoms with Crippen LogP contribution in [0.25, 0.3) is 0 Å². The highest BCUT2D eigenvalue weighted by Gasteiger charge is 2.22. The molecule has 4 rings (SSSR count). The number of benzene rings is 1. The number of pyridine rings is 1. The number of carbonyl (C=O) groups is 1. The first-order valence-corrected chi connectivity index (χ1v) is 10.3. The van der Waals surface area contributed by atoms with E-state index >= 15 is 0 Å². The van der Waals surface area contributed by atoms with Gasteiger partial charge in [0.15, 0.2) is 11.5 Å². The second-order valence-corrected chi connectivity index (χ2v) is 7.83. The van der Waals surface area contributed by atoms with Crippen LogP contribution in [-0.2, 0) is 4.79 Å². The fraction of sp³-hybridized carbons (Fsp3) is 0.400. The van der Waals surface area contributed by atoms with Gasteiger partial charge in [0.05, 0.1) is 29.8 Å². The Hall–Kier alpha value is -2.22. The van der Waals surface area contributed by atoms with Gasteiger partial charge in [0, 0.05) is 50.6 Å². The lowest BCUT2D eigenvalue weighted by molar-refractivity contribution is -0.117. The Balaban J connectivity index is 1.29. The summed E-state index contributed by atoms with van der Waals surface area (Å²) in [6.07, 6.45) is 2.44. The summed E-state index contributed by atoms with van der Waals surface area (Å²) >= 11 is 12.2. The van der Waals surface area contributed by atoms with Gasteiger partial charge in [-0.15, -0.1) is 0 Å². The third-order valence-corrected chi connectivity index (χ3v) is 5.34. The predicted octanol–water partition coefficient (Wildman–Crippen LogP) is 3.31. The molecular formula is C20H22Cl2N4O3. The van der Waals surface area contributed by atoms with Gasteiger partial charge in [0.2, 0.25) is 5.91 Å². The average molecular weight is 437 g/mol. The predicted molar refractivity (Wildman–Crippen MR) is 114 cm³/mol. The minimum absolute atomic E-state index is 0.0596.